The Hall–Kier alpha value is -1.31. The van der Waals surface area contributed by atoms with Gasteiger partial charge in [0.25, 0.3) is 0 Å². The molecule has 0 bridgehead atoms. The summed E-state index contributed by atoms with van der Waals surface area (Å²) >= 11 is 0. The van der Waals surface area contributed by atoms with Crippen LogP contribution in [0.3, 0.4) is 0 Å². The van der Waals surface area contributed by atoms with Crippen molar-refractivity contribution in [2.45, 2.75) is 34.6 Å². The Bertz CT molecular complexity index is 655. The van der Waals surface area contributed by atoms with E-state index in [9.17, 15) is 0 Å². The van der Waals surface area contributed by atoms with Crippen LogP contribution in [-0.2, 0) is 26.2 Å². The minimum atomic E-state index is 0. The van der Waals surface area contributed by atoms with Crippen molar-refractivity contribution in [1.29, 1.82) is 0 Å². The molecule has 0 heterocycles. The van der Waals surface area contributed by atoms with E-state index in [1.807, 2.05) is 12.1 Å². The van der Waals surface area contributed by atoms with Gasteiger partial charge in [0.05, 0.1) is 0 Å². The molecule has 0 unspecified atom stereocenters. The first-order valence-corrected chi connectivity index (χ1v) is 8.02. The van der Waals surface area contributed by atoms with Gasteiger partial charge in [-0.3, -0.25) is 6.08 Å². The minimum absolute atomic E-state index is 0. The molecule has 138 valence electrons. The number of phenols is 2. The number of aromatic hydroxyl groups is 2. The molecule has 1 aliphatic rings. The van der Waals surface area contributed by atoms with Crippen molar-refractivity contribution in [2.24, 2.45) is 5.41 Å². The van der Waals surface area contributed by atoms with Crippen LogP contribution < -0.4 is 12.4 Å². The summed E-state index contributed by atoms with van der Waals surface area (Å²) in [4.78, 5) is 0. The van der Waals surface area contributed by atoms with Gasteiger partial charge < -0.3 is 22.6 Å². The van der Waals surface area contributed by atoms with E-state index < -0.39 is 0 Å². The quantitative estimate of drug-likeness (QED) is 0.607. The number of benzene rings is 2. The largest absolute Gasteiger partial charge is 2.00 e. The molecule has 2 aromatic carbocycles. The molecule has 0 radical (unpaired) electrons. The summed E-state index contributed by atoms with van der Waals surface area (Å²) in [5.41, 5.74) is 4.39. The molecule has 26 heavy (non-hydrogen) atoms. The van der Waals surface area contributed by atoms with Gasteiger partial charge >= 0.3 is 26.2 Å². The van der Waals surface area contributed by atoms with E-state index in [2.05, 4.69) is 40.7 Å². The minimum Gasteiger partial charge on any atom is -1.00 e. The van der Waals surface area contributed by atoms with Crippen molar-refractivity contribution >= 4 is 0 Å². The van der Waals surface area contributed by atoms with Crippen LogP contribution in [0, 0.1) is 11.5 Å². The molecule has 2 nitrogen and oxygen atoms in total. The molecule has 0 saturated carbocycles. The van der Waals surface area contributed by atoms with Gasteiger partial charge in [0.15, 0.2) is 0 Å². The fourth-order valence-corrected chi connectivity index (χ4v) is 2.26. The van der Waals surface area contributed by atoms with Crippen molar-refractivity contribution in [2.75, 3.05) is 0 Å². The topological polar surface area (TPSA) is 40.5 Å². The second-order valence-corrected chi connectivity index (χ2v) is 6.30. The summed E-state index contributed by atoms with van der Waals surface area (Å²) in [6, 6.07) is 17.4. The van der Waals surface area contributed by atoms with Gasteiger partial charge in [0, 0.05) is 0 Å². The van der Waals surface area contributed by atoms with Crippen molar-refractivity contribution < 1.29 is 48.8 Å². The summed E-state index contributed by atoms with van der Waals surface area (Å²) in [6.45, 7) is 10.9. The predicted octanol–water partition coefficient (Wildman–Crippen LogP) is 2.90. The molecule has 0 spiro atoms. The summed E-state index contributed by atoms with van der Waals surface area (Å²) in [5, 5.41) is 17.3. The molecule has 2 N–H and O–H groups in total. The van der Waals surface area contributed by atoms with E-state index in [-0.39, 0.29) is 44.0 Å². The molecule has 4 heteroatoms. The number of phenolic OH excluding ortho intramolecular Hbond substituents is 2. The van der Waals surface area contributed by atoms with Crippen LogP contribution in [0.25, 0.3) is 0 Å². The normalized spacial score (nSPS) is 13.7. The number of para-hydroxylation sites is 2. The van der Waals surface area contributed by atoms with Crippen LogP contribution in [-0.4, -0.2) is 10.2 Å². The Kier molecular flexibility index (Phi) is 13.4. The average molecular weight is 450 g/mol. The number of rotatable bonds is 0. The van der Waals surface area contributed by atoms with Crippen LogP contribution >= 0.6 is 0 Å². The maximum Gasteiger partial charge on any atom is 2.00 e. The third-order valence-corrected chi connectivity index (χ3v) is 4.07. The third kappa shape index (κ3) is 9.41. The molecule has 3 rings (SSSR count). The van der Waals surface area contributed by atoms with Crippen LogP contribution in [0.1, 0.15) is 34.6 Å². The van der Waals surface area contributed by atoms with Gasteiger partial charge in [-0.2, -0.15) is 11.1 Å². The first kappa shape index (κ1) is 26.9. The van der Waals surface area contributed by atoms with Crippen molar-refractivity contribution in [3.8, 4) is 11.5 Å². The Morgan fingerprint density at radius 3 is 1.19 bits per heavy atom. The third-order valence-electron chi connectivity index (χ3n) is 4.07. The Labute approximate surface area is 183 Å². The molecular weight excluding hydrogens is 423 g/mol. The molecule has 0 aromatic heterocycles. The zero-order valence-corrected chi connectivity index (χ0v) is 19.3. The molecule has 0 saturated heterocycles. The molecular formula is C22H27ClO2Zr. The van der Waals surface area contributed by atoms with E-state index >= 15 is 0 Å². The standard InChI is InChI=1S/C10H15.2C6H6O.ClH.Zr/c1-7-6-10(4,5)9(3)8(7)2;2*7-6-4-2-1-3-5-6;;/h1-5H3;2*1-5,7H;1H;/q-1;;;;+2/p-1. The van der Waals surface area contributed by atoms with Crippen LogP contribution in [0.2, 0.25) is 0 Å². The van der Waals surface area contributed by atoms with Crippen LogP contribution in [0.4, 0.5) is 0 Å². The zero-order valence-electron chi connectivity index (χ0n) is 16.0. The summed E-state index contributed by atoms with van der Waals surface area (Å²) in [6.07, 6.45) is 3.44. The number of hydrogen-bond donors (Lipinski definition) is 2. The number of allylic oxidation sites excluding steroid dienone is 4. The Balaban J connectivity index is 0. The van der Waals surface area contributed by atoms with Crippen molar-refractivity contribution in [3.05, 3.63) is 83.5 Å². The molecule has 0 aliphatic heterocycles. The molecule has 0 fully saturated rings. The summed E-state index contributed by atoms with van der Waals surface area (Å²) in [5.74, 6) is 0.644. The van der Waals surface area contributed by atoms with Crippen LogP contribution in [0.15, 0.2) is 77.4 Å². The van der Waals surface area contributed by atoms with Gasteiger partial charge in [-0.15, -0.1) is 6.92 Å². The van der Waals surface area contributed by atoms with Crippen molar-refractivity contribution in [3.63, 3.8) is 0 Å². The van der Waals surface area contributed by atoms with Crippen molar-refractivity contribution in [1.82, 2.24) is 0 Å². The average Bonchev–Trinajstić information content (AvgIpc) is 2.72. The maximum atomic E-state index is 8.63. The Morgan fingerprint density at radius 2 is 1.08 bits per heavy atom. The van der Waals surface area contributed by atoms with Gasteiger partial charge in [-0.25, -0.2) is 5.57 Å². The van der Waals surface area contributed by atoms with Gasteiger partial charge in [0.2, 0.25) is 0 Å². The van der Waals surface area contributed by atoms with E-state index in [4.69, 9.17) is 10.2 Å². The van der Waals surface area contributed by atoms with E-state index in [1.54, 1.807) is 48.5 Å². The van der Waals surface area contributed by atoms with Gasteiger partial charge in [-0.05, 0) is 24.3 Å². The second-order valence-electron chi connectivity index (χ2n) is 6.30. The van der Waals surface area contributed by atoms with Gasteiger partial charge in [0.1, 0.15) is 11.5 Å². The molecule has 2 aromatic rings. The fourth-order valence-electron chi connectivity index (χ4n) is 2.26. The van der Waals surface area contributed by atoms with E-state index in [0.29, 0.717) is 11.5 Å². The fraction of sp³-hybridized carbons (Fsp3) is 0.273. The zero-order chi connectivity index (χ0) is 18.2. The summed E-state index contributed by atoms with van der Waals surface area (Å²) in [7, 11) is 0. The van der Waals surface area contributed by atoms with E-state index in [0.717, 1.165) is 0 Å². The first-order valence-electron chi connectivity index (χ1n) is 8.02. The number of halogens is 1. The second kappa shape index (κ2) is 13.0. The molecule has 1 aliphatic carbocycles. The first-order chi connectivity index (χ1) is 11.2. The Morgan fingerprint density at radius 1 is 0.731 bits per heavy atom. The number of hydrogen-bond acceptors (Lipinski definition) is 2. The maximum absolute atomic E-state index is 8.63. The van der Waals surface area contributed by atoms with Crippen LogP contribution in [0.5, 0.6) is 11.5 Å². The SMILES string of the molecule is CC1=[C-]C(C)(C)C(C)=C1C.Oc1ccccc1.Oc1ccccc1.[Cl-].[Zr+2]. The molecule has 0 atom stereocenters. The predicted molar refractivity (Wildman–Crippen MR) is 101 cm³/mol. The smallest absolute Gasteiger partial charge is 1.00 e. The summed E-state index contributed by atoms with van der Waals surface area (Å²) < 4.78 is 0. The monoisotopic (exact) mass is 448 g/mol. The van der Waals surface area contributed by atoms with E-state index in [1.165, 1.54) is 16.7 Å². The van der Waals surface area contributed by atoms with Gasteiger partial charge in [-0.1, -0.05) is 69.5 Å². The molecule has 0 amide bonds.